The molecule has 0 saturated heterocycles. The van der Waals surface area contributed by atoms with Crippen molar-refractivity contribution in [2.24, 2.45) is 5.14 Å². The minimum atomic E-state index is -3.91. The summed E-state index contributed by atoms with van der Waals surface area (Å²) in [4.78, 5) is 4.22. The first-order chi connectivity index (χ1) is 10.0. The lowest BCUT2D eigenvalue weighted by atomic mass is 10.2. The highest BCUT2D eigenvalue weighted by Crippen LogP contribution is 2.10. The number of ether oxygens (including phenoxy) is 1. The van der Waals surface area contributed by atoms with Crippen LogP contribution in [0.1, 0.15) is 11.5 Å². The Labute approximate surface area is 123 Å². The maximum atomic E-state index is 11.5. The normalized spacial score (nSPS) is 11.7. The average Bonchev–Trinajstić information content (AvgIpc) is 2.87. The first kappa shape index (κ1) is 15.5. The van der Waals surface area contributed by atoms with Crippen LogP contribution in [-0.4, -0.2) is 41.9 Å². The number of aryl methyl sites for hydroxylation is 2. The van der Waals surface area contributed by atoms with E-state index in [9.17, 15) is 8.42 Å². The van der Waals surface area contributed by atoms with Gasteiger partial charge in [-0.25, -0.2) is 13.6 Å². The van der Waals surface area contributed by atoms with Crippen LogP contribution in [0.25, 0.3) is 0 Å². The first-order valence-corrected chi connectivity index (χ1v) is 7.90. The summed E-state index contributed by atoms with van der Waals surface area (Å²) in [5.41, 5.74) is 0.899. The Hall–Kier alpha value is -1.84. The van der Waals surface area contributed by atoms with Crippen molar-refractivity contribution in [1.29, 1.82) is 0 Å². The molecule has 2 N–H and O–H groups in total. The largest absolute Gasteiger partial charge is 0.383 e. The molecule has 2 aromatic heterocycles. The van der Waals surface area contributed by atoms with Crippen molar-refractivity contribution in [2.75, 3.05) is 13.7 Å². The number of sulfonamides is 1. The molecule has 0 atom stereocenters. The lowest BCUT2D eigenvalue weighted by Gasteiger charge is -2.08. The third-order valence-corrected chi connectivity index (χ3v) is 3.71. The van der Waals surface area contributed by atoms with Crippen LogP contribution in [0.15, 0.2) is 29.6 Å². The van der Waals surface area contributed by atoms with Gasteiger partial charge in [0.15, 0.2) is 0 Å². The van der Waals surface area contributed by atoms with Gasteiger partial charge in [-0.15, -0.1) is 10.2 Å². The van der Waals surface area contributed by atoms with E-state index in [1.807, 2.05) is 18.2 Å². The van der Waals surface area contributed by atoms with Crippen LogP contribution in [0.4, 0.5) is 0 Å². The SMILES string of the molecule is COCCn1c(CCc2ccccn2)nnc1S(N)(=O)=O. The number of hydrogen-bond donors (Lipinski definition) is 1. The maximum Gasteiger partial charge on any atom is 0.273 e. The van der Waals surface area contributed by atoms with E-state index in [0.717, 1.165) is 5.69 Å². The zero-order valence-electron chi connectivity index (χ0n) is 11.6. The lowest BCUT2D eigenvalue weighted by Crippen LogP contribution is -2.21. The second-order valence-electron chi connectivity index (χ2n) is 4.41. The zero-order chi connectivity index (χ0) is 15.3. The summed E-state index contributed by atoms with van der Waals surface area (Å²) < 4.78 is 29.5. The molecule has 9 heteroatoms. The molecule has 0 saturated carbocycles. The van der Waals surface area contributed by atoms with Crippen molar-refractivity contribution in [3.05, 3.63) is 35.9 Å². The van der Waals surface area contributed by atoms with Gasteiger partial charge in [0.1, 0.15) is 5.82 Å². The van der Waals surface area contributed by atoms with Gasteiger partial charge in [0.05, 0.1) is 6.61 Å². The molecule has 21 heavy (non-hydrogen) atoms. The van der Waals surface area contributed by atoms with Gasteiger partial charge in [-0.05, 0) is 18.6 Å². The standard InChI is InChI=1S/C12H17N5O3S/c1-20-9-8-17-11(15-16-12(17)21(13,18)19)6-5-10-4-2-3-7-14-10/h2-4,7H,5-6,8-9H2,1H3,(H2,13,18,19). The quantitative estimate of drug-likeness (QED) is 0.754. The number of pyridine rings is 1. The van der Waals surface area contributed by atoms with Gasteiger partial charge in [-0.3, -0.25) is 9.55 Å². The van der Waals surface area contributed by atoms with E-state index < -0.39 is 10.0 Å². The lowest BCUT2D eigenvalue weighted by molar-refractivity contribution is 0.183. The first-order valence-electron chi connectivity index (χ1n) is 6.36. The number of hydrogen-bond acceptors (Lipinski definition) is 6. The van der Waals surface area contributed by atoms with Gasteiger partial charge >= 0.3 is 0 Å². The van der Waals surface area contributed by atoms with Crippen molar-refractivity contribution in [3.8, 4) is 0 Å². The van der Waals surface area contributed by atoms with Crippen LogP contribution in [0.2, 0.25) is 0 Å². The van der Waals surface area contributed by atoms with Gasteiger partial charge < -0.3 is 4.74 Å². The highest BCUT2D eigenvalue weighted by atomic mass is 32.2. The van der Waals surface area contributed by atoms with E-state index in [4.69, 9.17) is 9.88 Å². The molecule has 0 aromatic carbocycles. The zero-order valence-corrected chi connectivity index (χ0v) is 12.5. The molecule has 0 spiro atoms. The molecule has 2 aromatic rings. The molecule has 2 heterocycles. The van der Waals surface area contributed by atoms with E-state index in [-0.39, 0.29) is 5.16 Å². The summed E-state index contributed by atoms with van der Waals surface area (Å²) in [7, 11) is -2.37. The van der Waals surface area contributed by atoms with E-state index in [1.54, 1.807) is 6.20 Å². The predicted molar refractivity (Wildman–Crippen MR) is 74.9 cm³/mol. The molecule has 0 aliphatic heterocycles. The fourth-order valence-corrected chi connectivity index (χ4v) is 2.57. The molecule has 0 aliphatic rings. The van der Waals surface area contributed by atoms with E-state index in [1.165, 1.54) is 11.7 Å². The number of nitrogens with two attached hydrogens (primary N) is 1. The van der Waals surface area contributed by atoms with Crippen molar-refractivity contribution < 1.29 is 13.2 Å². The Bertz CT molecular complexity index is 684. The summed E-state index contributed by atoms with van der Waals surface area (Å²) in [6.07, 6.45) is 2.86. The molecule has 0 aliphatic carbocycles. The van der Waals surface area contributed by atoms with Gasteiger partial charge in [-0.1, -0.05) is 6.07 Å². The third kappa shape index (κ3) is 4.06. The fourth-order valence-electron chi connectivity index (χ4n) is 1.91. The smallest absolute Gasteiger partial charge is 0.273 e. The van der Waals surface area contributed by atoms with Crippen LogP contribution in [-0.2, 0) is 34.1 Å². The molecule has 114 valence electrons. The van der Waals surface area contributed by atoms with Crippen molar-refractivity contribution in [1.82, 2.24) is 19.7 Å². The van der Waals surface area contributed by atoms with Crippen LogP contribution in [0.5, 0.6) is 0 Å². The molecule has 2 rings (SSSR count). The summed E-state index contributed by atoms with van der Waals surface area (Å²) >= 11 is 0. The number of nitrogens with zero attached hydrogens (tertiary/aromatic N) is 4. The van der Waals surface area contributed by atoms with Gasteiger partial charge in [0, 0.05) is 32.0 Å². The van der Waals surface area contributed by atoms with Crippen LogP contribution in [0, 0.1) is 0 Å². The number of primary sulfonamides is 1. The van der Waals surface area contributed by atoms with Gasteiger partial charge in [0.2, 0.25) is 0 Å². The fraction of sp³-hybridized carbons (Fsp3) is 0.417. The third-order valence-electron chi connectivity index (χ3n) is 2.90. The number of aromatic nitrogens is 4. The van der Waals surface area contributed by atoms with Crippen LogP contribution >= 0.6 is 0 Å². The van der Waals surface area contributed by atoms with Gasteiger partial charge in [0.25, 0.3) is 15.2 Å². The Morgan fingerprint density at radius 3 is 2.71 bits per heavy atom. The van der Waals surface area contributed by atoms with Crippen molar-refractivity contribution in [3.63, 3.8) is 0 Å². The Kier molecular flexibility index (Phi) is 4.99. The summed E-state index contributed by atoms with van der Waals surface area (Å²) in [5.74, 6) is 0.543. The van der Waals surface area contributed by atoms with Crippen LogP contribution < -0.4 is 5.14 Å². The molecular weight excluding hydrogens is 294 g/mol. The van der Waals surface area contributed by atoms with E-state index >= 15 is 0 Å². The number of methoxy groups -OCH3 is 1. The topological polar surface area (TPSA) is 113 Å². The Balaban J connectivity index is 2.20. The molecule has 8 nitrogen and oxygen atoms in total. The Morgan fingerprint density at radius 2 is 2.10 bits per heavy atom. The Morgan fingerprint density at radius 1 is 1.29 bits per heavy atom. The second-order valence-corrected chi connectivity index (χ2v) is 5.86. The molecule has 0 amide bonds. The summed E-state index contributed by atoms with van der Waals surface area (Å²) in [5, 5.41) is 12.5. The highest BCUT2D eigenvalue weighted by molar-refractivity contribution is 7.89. The number of rotatable bonds is 7. The summed E-state index contributed by atoms with van der Waals surface area (Å²) in [6, 6.07) is 5.63. The van der Waals surface area contributed by atoms with Crippen molar-refractivity contribution >= 4 is 10.0 Å². The van der Waals surface area contributed by atoms with E-state index in [0.29, 0.717) is 31.8 Å². The second kappa shape index (κ2) is 6.74. The van der Waals surface area contributed by atoms with Crippen LogP contribution in [0.3, 0.4) is 0 Å². The van der Waals surface area contributed by atoms with Gasteiger partial charge in [-0.2, -0.15) is 0 Å². The minimum Gasteiger partial charge on any atom is -0.383 e. The minimum absolute atomic E-state index is 0.240. The molecular formula is C12H17N5O3S. The maximum absolute atomic E-state index is 11.5. The molecule has 0 unspecified atom stereocenters. The highest BCUT2D eigenvalue weighted by Gasteiger charge is 2.20. The van der Waals surface area contributed by atoms with Crippen molar-refractivity contribution in [2.45, 2.75) is 24.5 Å². The van der Waals surface area contributed by atoms with E-state index in [2.05, 4.69) is 15.2 Å². The molecule has 0 fully saturated rings. The molecule has 0 radical (unpaired) electrons. The predicted octanol–water partition coefficient (Wildman–Crippen LogP) is -0.248. The average molecular weight is 311 g/mol. The monoisotopic (exact) mass is 311 g/mol. The summed E-state index contributed by atoms with van der Waals surface area (Å²) in [6.45, 7) is 0.671. The molecule has 0 bridgehead atoms.